The lowest BCUT2D eigenvalue weighted by Crippen LogP contribution is -2.12. The quantitative estimate of drug-likeness (QED) is 0.792. The number of rotatable bonds is 3. The van der Waals surface area contributed by atoms with Crippen molar-refractivity contribution in [1.82, 2.24) is 9.97 Å². The predicted octanol–water partition coefficient (Wildman–Crippen LogP) is 3.79. The van der Waals surface area contributed by atoms with Gasteiger partial charge in [-0.05, 0) is 47.7 Å². The molecule has 3 aromatic rings. The zero-order chi connectivity index (χ0) is 14.8. The molecule has 0 aliphatic rings. The molecule has 3 heteroatoms. The highest BCUT2D eigenvalue weighted by atomic mass is 16.1. The van der Waals surface area contributed by atoms with Crippen LogP contribution in [0.5, 0.6) is 0 Å². The molecule has 0 radical (unpaired) electrons. The summed E-state index contributed by atoms with van der Waals surface area (Å²) >= 11 is 0. The highest BCUT2D eigenvalue weighted by Crippen LogP contribution is 2.21. The zero-order valence-corrected chi connectivity index (χ0v) is 12.3. The Balaban J connectivity index is 2.16. The third-order valence-corrected chi connectivity index (χ3v) is 3.60. The van der Waals surface area contributed by atoms with Crippen molar-refractivity contribution < 1.29 is 0 Å². The van der Waals surface area contributed by atoms with Crippen molar-refractivity contribution in [2.75, 3.05) is 0 Å². The molecule has 0 saturated carbocycles. The number of pyridine rings is 2. The molecule has 2 aromatic heterocycles. The summed E-state index contributed by atoms with van der Waals surface area (Å²) in [6.07, 6.45) is 6.17. The summed E-state index contributed by atoms with van der Waals surface area (Å²) in [5, 5.41) is 0.752. The van der Waals surface area contributed by atoms with E-state index in [2.05, 4.69) is 23.8 Å². The Morgan fingerprint density at radius 1 is 1.10 bits per heavy atom. The van der Waals surface area contributed by atoms with Crippen molar-refractivity contribution in [3.8, 4) is 11.1 Å². The first-order chi connectivity index (χ1) is 10.1. The summed E-state index contributed by atoms with van der Waals surface area (Å²) in [5.74, 6) is 0.465. The molecule has 0 spiro atoms. The number of nitrogens with one attached hydrogen (secondary N) is 1. The van der Waals surface area contributed by atoms with E-state index in [4.69, 9.17) is 0 Å². The topological polar surface area (TPSA) is 45.8 Å². The zero-order valence-electron chi connectivity index (χ0n) is 12.3. The van der Waals surface area contributed by atoms with E-state index < -0.39 is 0 Å². The fourth-order valence-electron chi connectivity index (χ4n) is 2.58. The van der Waals surface area contributed by atoms with Gasteiger partial charge in [0.1, 0.15) is 0 Å². The van der Waals surface area contributed by atoms with Crippen molar-refractivity contribution in [3.05, 3.63) is 64.7 Å². The molecule has 0 amide bonds. The number of nitrogens with zero attached hydrogens (tertiary/aromatic N) is 1. The lowest BCUT2D eigenvalue weighted by Gasteiger charge is -2.07. The van der Waals surface area contributed by atoms with Crippen LogP contribution in [0, 0.1) is 5.92 Å². The summed E-state index contributed by atoms with van der Waals surface area (Å²) in [4.78, 5) is 19.9. The van der Waals surface area contributed by atoms with E-state index in [-0.39, 0.29) is 5.43 Å². The van der Waals surface area contributed by atoms with Gasteiger partial charge >= 0.3 is 0 Å². The highest BCUT2D eigenvalue weighted by Gasteiger charge is 2.08. The number of fused-ring (bicyclic) bond motifs is 1. The van der Waals surface area contributed by atoms with Gasteiger partial charge in [-0.25, -0.2) is 0 Å². The third-order valence-electron chi connectivity index (χ3n) is 3.60. The van der Waals surface area contributed by atoms with Gasteiger partial charge in [0.25, 0.3) is 0 Å². The molecule has 1 N–H and O–H groups in total. The molecule has 0 aliphatic carbocycles. The average molecular weight is 278 g/mol. The van der Waals surface area contributed by atoms with Crippen LogP contribution in [0.1, 0.15) is 19.4 Å². The molecule has 0 atom stereocenters. The fourth-order valence-corrected chi connectivity index (χ4v) is 2.58. The number of hydrogen-bond acceptors (Lipinski definition) is 2. The minimum absolute atomic E-state index is 0.133. The van der Waals surface area contributed by atoms with Crippen LogP contribution in [0.2, 0.25) is 0 Å². The van der Waals surface area contributed by atoms with E-state index in [1.54, 1.807) is 12.4 Å². The first-order valence-corrected chi connectivity index (χ1v) is 7.20. The van der Waals surface area contributed by atoms with Gasteiger partial charge in [0.2, 0.25) is 0 Å². The van der Waals surface area contributed by atoms with Crippen molar-refractivity contribution in [2.24, 2.45) is 5.92 Å². The molecule has 1 aromatic carbocycles. The number of hydrogen-bond donors (Lipinski definition) is 1. The maximum atomic E-state index is 12.6. The lowest BCUT2D eigenvalue weighted by molar-refractivity contribution is 0.644. The molecule has 0 saturated heterocycles. The molecule has 0 aliphatic heterocycles. The van der Waals surface area contributed by atoms with E-state index in [9.17, 15) is 4.79 Å². The minimum atomic E-state index is 0.133. The molecule has 0 unspecified atom stereocenters. The number of benzene rings is 1. The molecule has 0 fully saturated rings. The van der Waals surface area contributed by atoms with Gasteiger partial charge in [0, 0.05) is 35.1 Å². The molecule has 3 nitrogen and oxygen atoms in total. The Morgan fingerprint density at radius 3 is 2.57 bits per heavy atom. The van der Waals surface area contributed by atoms with Gasteiger partial charge in [-0.2, -0.15) is 0 Å². The van der Waals surface area contributed by atoms with E-state index in [0.29, 0.717) is 5.92 Å². The van der Waals surface area contributed by atoms with Crippen LogP contribution in [0.3, 0.4) is 0 Å². The van der Waals surface area contributed by atoms with Crippen LogP contribution in [0.25, 0.3) is 22.0 Å². The van der Waals surface area contributed by atoms with Crippen LogP contribution in [0.4, 0.5) is 0 Å². The Bertz CT molecular complexity index is 819. The molecule has 106 valence electrons. The Kier molecular flexibility index (Phi) is 3.57. The molecular formula is C18H18N2O. The van der Waals surface area contributed by atoms with Gasteiger partial charge in [-0.3, -0.25) is 9.78 Å². The molecular weight excluding hydrogens is 260 g/mol. The lowest BCUT2D eigenvalue weighted by atomic mass is 10.00. The highest BCUT2D eigenvalue weighted by molar-refractivity contribution is 5.84. The standard InChI is InChI=1S/C18H18N2O/c1-12(2)9-15-11-20-17-4-3-14(10-16(17)18(15)21)13-5-7-19-8-6-13/h3-8,10-12H,9H2,1-2H3,(H,20,21). The minimum Gasteiger partial charge on any atom is -0.361 e. The molecule has 21 heavy (non-hydrogen) atoms. The van der Waals surface area contributed by atoms with Crippen LogP contribution < -0.4 is 5.43 Å². The summed E-state index contributed by atoms with van der Waals surface area (Å²) in [6.45, 7) is 4.24. The third kappa shape index (κ3) is 2.72. The van der Waals surface area contributed by atoms with Crippen molar-refractivity contribution >= 4 is 10.9 Å². The number of aromatic amines is 1. The van der Waals surface area contributed by atoms with Crippen molar-refractivity contribution in [2.45, 2.75) is 20.3 Å². The molecule has 2 heterocycles. The van der Waals surface area contributed by atoms with E-state index in [1.165, 1.54) is 0 Å². The van der Waals surface area contributed by atoms with Crippen molar-refractivity contribution in [1.29, 1.82) is 0 Å². The van der Waals surface area contributed by atoms with Crippen LogP contribution in [0.15, 0.2) is 53.7 Å². The van der Waals surface area contributed by atoms with E-state index >= 15 is 0 Å². The number of aromatic nitrogens is 2. The molecule has 3 rings (SSSR count). The van der Waals surface area contributed by atoms with E-state index in [1.807, 2.05) is 36.5 Å². The second-order valence-corrected chi connectivity index (χ2v) is 5.74. The second kappa shape index (κ2) is 5.52. The maximum Gasteiger partial charge on any atom is 0.192 e. The monoisotopic (exact) mass is 278 g/mol. The van der Waals surface area contributed by atoms with Crippen molar-refractivity contribution in [3.63, 3.8) is 0 Å². The normalized spacial score (nSPS) is 11.2. The Labute approximate surface area is 123 Å². The Hall–Kier alpha value is -2.42. The summed E-state index contributed by atoms with van der Waals surface area (Å²) < 4.78 is 0. The van der Waals surface area contributed by atoms with Gasteiger partial charge in [0.15, 0.2) is 5.43 Å². The first-order valence-electron chi connectivity index (χ1n) is 7.20. The SMILES string of the molecule is CC(C)Cc1c[nH]c2ccc(-c3ccncc3)cc2c1=O. The van der Waals surface area contributed by atoms with Crippen LogP contribution in [-0.2, 0) is 6.42 Å². The first kappa shape index (κ1) is 13.6. The van der Waals surface area contributed by atoms with Gasteiger partial charge < -0.3 is 4.98 Å². The van der Waals surface area contributed by atoms with Crippen LogP contribution >= 0.6 is 0 Å². The largest absolute Gasteiger partial charge is 0.361 e. The van der Waals surface area contributed by atoms with Crippen LogP contribution in [-0.4, -0.2) is 9.97 Å². The Morgan fingerprint density at radius 2 is 1.86 bits per heavy atom. The fraction of sp³-hybridized carbons (Fsp3) is 0.222. The summed E-state index contributed by atoms with van der Waals surface area (Å²) in [6, 6.07) is 9.86. The van der Waals surface area contributed by atoms with E-state index in [0.717, 1.165) is 34.0 Å². The predicted molar refractivity (Wildman–Crippen MR) is 86.3 cm³/mol. The number of H-pyrrole nitrogens is 1. The summed E-state index contributed by atoms with van der Waals surface area (Å²) in [7, 11) is 0. The summed E-state index contributed by atoms with van der Waals surface area (Å²) in [5.41, 5.74) is 3.97. The maximum absolute atomic E-state index is 12.6. The average Bonchev–Trinajstić information content (AvgIpc) is 2.50. The smallest absolute Gasteiger partial charge is 0.192 e. The molecule has 0 bridgehead atoms. The van der Waals surface area contributed by atoms with Gasteiger partial charge in [-0.1, -0.05) is 19.9 Å². The van der Waals surface area contributed by atoms with Gasteiger partial charge in [-0.15, -0.1) is 0 Å². The second-order valence-electron chi connectivity index (χ2n) is 5.74. The van der Waals surface area contributed by atoms with Gasteiger partial charge in [0.05, 0.1) is 0 Å².